The van der Waals surface area contributed by atoms with Crippen molar-refractivity contribution in [2.75, 3.05) is 26.2 Å². The van der Waals surface area contributed by atoms with Crippen LogP contribution in [0.25, 0.3) is 0 Å². The Morgan fingerprint density at radius 2 is 1.81 bits per heavy atom. The zero-order valence-electron chi connectivity index (χ0n) is 13.1. The fourth-order valence-corrected chi connectivity index (χ4v) is 2.67. The highest BCUT2D eigenvalue weighted by atomic mass is 16.6. The van der Waals surface area contributed by atoms with Crippen molar-refractivity contribution in [2.45, 2.75) is 32.9 Å². The van der Waals surface area contributed by atoms with Crippen molar-refractivity contribution in [1.29, 1.82) is 0 Å². The number of rotatable bonds is 4. The van der Waals surface area contributed by atoms with Crippen LogP contribution >= 0.6 is 0 Å². The Bertz CT molecular complexity index is 454. The minimum atomic E-state index is -1.77. The monoisotopic (exact) mass is 292 g/mol. The van der Waals surface area contributed by atoms with E-state index >= 15 is 0 Å². The highest BCUT2D eigenvalue weighted by Gasteiger charge is 2.25. The Kier molecular flexibility index (Phi) is 5.27. The Morgan fingerprint density at radius 3 is 2.38 bits per heavy atom. The van der Waals surface area contributed by atoms with Crippen molar-refractivity contribution in [3.05, 3.63) is 29.8 Å². The predicted molar refractivity (Wildman–Crippen MR) is 83.9 cm³/mol. The molecule has 5 nitrogen and oxygen atoms in total. The largest absolute Gasteiger partial charge is 0.707 e. The molecule has 0 atom stereocenters. The molecule has 2 N–H and O–H groups in total. The second kappa shape index (κ2) is 6.79. The Hall–Kier alpha value is -1.08. The molecule has 0 saturated carbocycles. The van der Waals surface area contributed by atoms with E-state index in [1.165, 1.54) is 0 Å². The van der Waals surface area contributed by atoms with Crippen molar-refractivity contribution in [3.8, 4) is 5.75 Å². The van der Waals surface area contributed by atoms with Crippen LogP contribution < -0.4 is 4.65 Å². The minimum Gasteiger partial charge on any atom is -0.512 e. The molecule has 21 heavy (non-hydrogen) atoms. The van der Waals surface area contributed by atoms with Gasteiger partial charge in [0.2, 0.25) is 0 Å². The first kappa shape index (κ1) is 16.3. The molecule has 0 radical (unpaired) electrons. The van der Waals surface area contributed by atoms with Crippen LogP contribution in [0.1, 0.15) is 26.3 Å². The lowest BCUT2D eigenvalue weighted by Crippen LogP contribution is -2.53. The topological polar surface area (TPSA) is 56.2 Å². The van der Waals surface area contributed by atoms with E-state index in [0.29, 0.717) is 5.75 Å². The van der Waals surface area contributed by atoms with Crippen LogP contribution in [0.2, 0.25) is 0 Å². The number of hydrogen-bond donors (Lipinski definition) is 2. The van der Waals surface area contributed by atoms with Crippen molar-refractivity contribution < 1.29 is 14.7 Å². The maximum Gasteiger partial charge on any atom is 0.707 e. The van der Waals surface area contributed by atoms with E-state index < -0.39 is 7.32 Å². The lowest BCUT2D eigenvalue weighted by atomic mass is 10.0. The SMILES string of the molecule is CC(C)(C)N1CCN(Cc2cccc(OB(O)O)c2)CC1. The van der Waals surface area contributed by atoms with Gasteiger partial charge in [-0.2, -0.15) is 0 Å². The molecule has 1 saturated heterocycles. The summed E-state index contributed by atoms with van der Waals surface area (Å²) in [6.45, 7) is 11.9. The molecule has 1 aromatic carbocycles. The molecule has 1 heterocycles. The van der Waals surface area contributed by atoms with E-state index in [0.717, 1.165) is 38.3 Å². The average molecular weight is 292 g/mol. The fraction of sp³-hybridized carbons (Fsp3) is 0.600. The van der Waals surface area contributed by atoms with E-state index in [4.69, 9.17) is 14.7 Å². The molecule has 0 amide bonds. The summed E-state index contributed by atoms with van der Waals surface area (Å²) in [5.74, 6) is 0.482. The molecule has 2 rings (SSSR count). The van der Waals surface area contributed by atoms with Crippen molar-refractivity contribution >= 4 is 7.32 Å². The van der Waals surface area contributed by atoms with Gasteiger partial charge in [-0.25, -0.2) is 0 Å². The third kappa shape index (κ3) is 5.00. The van der Waals surface area contributed by atoms with Crippen molar-refractivity contribution in [1.82, 2.24) is 9.80 Å². The number of benzene rings is 1. The van der Waals surface area contributed by atoms with Crippen LogP contribution in [-0.2, 0) is 6.54 Å². The van der Waals surface area contributed by atoms with Crippen molar-refractivity contribution in [2.24, 2.45) is 0 Å². The van der Waals surface area contributed by atoms with E-state index in [1.54, 1.807) is 6.07 Å². The standard InChI is InChI=1S/C15H25BN2O3/c1-15(2,3)18-9-7-17(8-10-18)12-13-5-4-6-14(11-13)21-16(19)20/h4-6,11,19-20H,7-10,12H2,1-3H3. The quantitative estimate of drug-likeness (QED) is 0.809. The summed E-state index contributed by atoms with van der Waals surface area (Å²) in [6.07, 6.45) is 0. The first-order chi connectivity index (χ1) is 9.84. The molecule has 1 aliphatic heterocycles. The number of nitrogens with zero attached hydrogens (tertiary/aromatic N) is 2. The molecule has 1 aliphatic rings. The van der Waals surface area contributed by atoms with Gasteiger partial charge in [0.05, 0.1) is 0 Å². The zero-order chi connectivity index (χ0) is 15.5. The third-order valence-corrected chi connectivity index (χ3v) is 3.87. The van der Waals surface area contributed by atoms with Crippen LogP contribution in [0.5, 0.6) is 5.75 Å². The molecular formula is C15H25BN2O3. The van der Waals surface area contributed by atoms with Gasteiger partial charge in [-0.3, -0.25) is 9.80 Å². The lowest BCUT2D eigenvalue weighted by Gasteiger charge is -2.42. The molecule has 0 aliphatic carbocycles. The predicted octanol–water partition coefficient (Wildman–Crippen LogP) is 0.951. The molecular weight excluding hydrogens is 267 g/mol. The number of piperazine rings is 1. The summed E-state index contributed by atoms with van der Waals surface area (Å²) in [5.41, 5.74) is 1.36. The van der Waals surface area contributed by atoms with Crippen molar-refractivity contribution in [3.63, 3.8) is 0 Å². The van der Waals surface area contributed by atoms with E-state index in [-0.39, 0.29) is 5.54 Å². The maximum absolute atomic E-state index is 8.84. The summed E-state index contributed by atoms with van der Waals surface area (Å²) >= 11 is 0. The van der Waals surface area contributed by atoms with Gasteiger partial charge in [0.15, 0.2) is 0 Å². The van der Waals surface area contributed by atoms with Crippen LogP contribution in [0.4, 0.5) is 0 Å². The highest BCUT2D eigenvalue weighted by Crippen LogP contribution is 2.19. The van der Waals surface area contributed by atoms with Gasteiger partial charge in [0, 0.05) is 38.3 Å². The van der Waals surface area contributed by atoms with Gasteiger partial charge < -0.3 is 14.7 Å². The smallest absolute Gasteiger partial charge is 0.512 e. The van der Waals surface area contributed by atoms with Gasteiger partial charge in [0.25, 0.3) is 0 Å². The maximum atomic E-state index is 8.84. The molecule has 116 valence electrons. The van der Waals surface area contributed by atoms with Crippen LogP contribution in [-0.4, -0.2) is 58.9 Å². The first-order valence-electron chi connectivity index (χ1n) is 7.44. The molecule has 6 heteroatoms. The molecule has 0 bridgehead atoms. The zero-order valence-corrected chi connectivity index (χ0v) is 13.1. The molecule has 0 spiro atoms. The van der Waals surface area contributed by atoms with E-state index in [1.807, 2.05) is 18.2 Å². The van der Waals surface area contributed by atoms with Crippen LogP contribution in [0.3, 0.4) is 0 Å². The Balaban J connectivity index is 1.89. The summed E-state index contributed by atoms with van der Waals surface area (Å²) in [4.78, 5) is 4.92. The Morgan fingerprint density at radius 1 is 1.14 bits per heavy atom. The van der Waals surface area contributed by atoms with E-state index in [9.17, 15) is 0 Å². The second-order valence-corrected chi connectivity index (χ2v) is 6.53. The Labute approximate surface area is 127 Å². The molecule has 0 aromatic heterocycles. The molecule has 0 unspecified atom stereocenters. The summed E-state index contributed by atoms with van der Waals surface area (Å²) in [7, 11) is -1.77. The molecule has 1 aromatic rings. The summed E-state index contributed by atoms with van der Waals surface area (Å²) in [5, 5.41) is 17.7. The third-order valence-electron chi connectivity index (χ3n) is 3.87. The second-order valence-electron chi connectivity index (χ2n) is 6.53. The fourth-order valence-electron chi connectivity index (χ4n) is 2.67. The summed E-state index contributed by atoms with van der Waals surface area (Å²) < 4.78 is 4.89. The lowest BCUT2D eigenvalue weighted by molar-refractivity contribution is 0.0591. The first-order valence-corrected chi connectivity index (χ1v) is 7.44. The van der Waals surface area contributed by atoms with E-state index in [2.05, 4.69) is 30.6 Å². The van der Waals surface area contributed by atoms with Crippen LogP contribution in [0.15, 0.2) is 24.3 Å². The van der Waals surface area contributed by atoms with Gasteiger partial charge >= 0.3 is 7.32 Å². The van der Waals surface area contributed by atoms with Gasteiger partial charge in [-0.1, -0.05) is 12.1 Å². The minimum absolute atomic E-state index is 0.233. The molecule has 1 fully saturated rings. The highest BCUT2D eigenvalue weighted by molar-refractivity contribution is 6.33. The normalized spacial score (nSPS) is 17.8. The van der Waals surface area contributed by atoms with Crippen LogP contribution in [0, 0.1) is 0 Å². The van der Waals surface area contributed by atoms with Gasteiger partial charge in [-0.05, 0) is 38.5 Å². The van der Waals surface area contributed by atoms with Gasteiger partial charge in [0.1, 0.15) is 5.75 Å². The average Bonchev–Trinajstić information content (AvgIpc) is 2.38. The summed E-state index contributed by atoms with van der Waals surface area (Å²) in [6, 6.07) is 7.49. The number of hydrogen-bond acceptors (Lipinski definition) is 5. The van der Waals surface area contributed by atoms with Gasteiger partial charge in [-0.15, -0.1) is 0 Å².